The molecule has 0 spiro atoms. The topological polar surface area (TPSA) is 52.6 Å². The van der Waals surface area contributed by atoms with Gasteiger partial charge < -0.3 is 8.92 Å². The Morgan fingerprint density at radius 2 is 1.65 bits per heavy atom. The molecule has 0 radical (unpaired) electrons. The smallest absolute Gasteiger partial charge is 0.339 e. The van der Waals surface area contributed by atoms with Crippen LogP contribution >= 0.6 is 22.6 Å². The summed E-state index contributed by atoms with van der Waals surface area (Å²) in [5, 5.41) is 0. The molecular formula is C14H13IO4S. The average Bonchev–Trinajstić information content (AvgIpc) is 2.39. The Hall–Kier alpha value is -1.28. The zero-order chi connectivity index (χ0) is 14.8. The van der Waals surface area contributed by atoms with Gasteiger partial charge in [0.1, 0.15) is 4.90 Å². The number of ether oxygens (including phenoxy) is 1. The van der Waals surface area contributed by atoms with E-state index in [9.17, 15) is 8.42 Å². The summed E-state index contributed by atoms with van der Waals surface area (Å²) in [4.78, 5) is 0.115. The van der Waals surface area contributed by atoms with Gasteiger partial charge in [-0.15, -0.1) is 0 Å². The Kier molecular flexibility index (Phi) is 4.54. The summed E-state index contributed by atoms with van der Waals surface area (Å²) < 4.78 is 35.6. The molecule has 0 aliphatic carbocycles. The largest absolute Gasteiger partial charge is 0.493 e. The summed E-state index contributed by atoms with van der Waals surface area (Å²) in [7, 11) is -2.40. The van der Waals surface area contributed by atoms with Gasteiger partial charge in [0.2, 0.25) is 0 Å². The minimum absolute atomic E-state index is 0.115. The maximum Gasteiger partial charge on any atom is 0.339 e. The summed E-state index contributed by atoms with van der Waals surface area (Å²) in [5.41, 5.74) is 0.982. The second kappa shape index (κ2) is 6.01. The van der Waals surface area contributed by atoms with Gasteiger partial charge in [-0.1, -0.05) is 17.7 Å². The van der Waals surface area contributed by atoms with E-state index >= 15 is 0 Å². The molecule has 2 rings (SSSR count). The standard InChI is InChI=1S/C14H13IO4S/c1-10-3-6-12(7-4-10)20(16,17)19-14-9-11(15)5-8-13(14)18-2/h3-9H,1-2H3. The Bertz CT molecular complexity index is 708. The van der Waals surface area contributed by atoms with E-state index in [0.717, 1.165) is 9.13 Å². The number of methoxy groups -OCH3 is 1. The number of halogens is 1. The lowest BCUT2D eigenvalue weighted by Crippen LogP contribution is -2.10. The number of aryl methyl sites for hydroxylation is 1. The highest BCUT2D eigenvalue weighted by Gasteiger charge is 2.19. The second-order valence-corrected chi connectivity index (χ2v) is 6.94. The molecule has 0 aliphatic rings. The molecular weight excluding hydrogens is 391 g/mol. The van der Waals surface area contributed by atoms with Crippen molar-refractivity contribution in [3.63, 3.8) is 0 Å². The normalized spacial score (nSPS) is 11.2. The van der Waals surface area contributed by atoms with Crippen LogP contribution in [0.1, 0.15) is 5.56 Å². The van der Waals surface area contributed by atoms with Gasteiger partial charge in [0.25, 0.3) is 0 Å². The third-order valence-electron chi connectivity index (χ3n) is 2.63. The van der Waals surface area contributed by atoms with Crippen molar-refractivity contribution in [3.8, 4) is 11.5 Å². The maximum atomic E-state index is 12.2. The molecule has 0 saturated heterocycles. The minimum Gasteiger partial charge on any atom is -0.493 e. The predicted octanol–water partition coefficient (Wildman–Crippen LogP) is 3.38. The van der Waals surface area contributed by atoms with Crippen LogP contribution in [0.2, 0.25) is 0 Å². The third kappa shape index (κ3) is 3.43. The molecule has 0 fully saturated rings. The van der Waals surface area contributed by atoms with Crippen LogP contribution in [0.3, 0.4) is 0 Å². The lowest BCUT2D eigenvalue weighted by molar-refractivity contribution is 0.390. The van der Waals surface area contributed by atoms with Crippen molar-refractivity contribution >= 4 is 32.7 Å². The molecule has 0 aromatic heterocycles. The highest BCUT2D eigenvalue weighted by molar-refractivity contribution is 14.1. The molecule has 0 aliphatic heterocycles. The van der Waals surface area contributed by atoms with Crippen molar-refractivity contribution in [2.75, 3.05) is 7.11 Å². The molecule has 0 amide bonds. The summed E-state index contributed by atoms with van der Waals surface area (Å²) in [5.74, 6) is 0.557. The van der Waals surface area contributed by atoms with Crippen LogP contribution < -0.4 is 8.92 Å². The average molecular weight is 404 g/mol. The molecule has 2 aromatic rings. The summed E-state index contributed by atoms with van der Waals surface area (Å²) in [6.07, 6.45) is 0. The lowest BCUT2D eigenvalue weighted by atomic mass is 10.2. The molecule has 0 atom stereocenters. The first kappa shape index (κ1) is 15.1. The highest BCUT2D eigenvalue weighted by atomic mass is 127. The first-order valence-electron chi connectivity index (χ1n) is 5.77. The van der Waals surface area contributed by atoms with Crippen molar-refractivity contribution < 1.29 is 17.3 Å². The number of hydrogen-bond donors (Lipinski definition) is 0. The van der Waals surface area contributed by atoms with Gasteiger partial charge in [0, 0.05) is 3.57 Å². The minimum atomic E-state index is -3.86. The van der Waals surface area contributed by atoms with Gasteiger partial charge in [-0.05, 0) is 59.8 Å². The lowest BCUT2D eigenvalue weighted by Gasteiger charge is -2.11. The van der Waals surface area contributed by atoms with Crippen LogP contribution in [0.15, 0.2) is 47.4 Å². The summed E-state index contributed by atoms with van der Waals surface area (Å²) in [6, 6.07) is 11.6. The van der Waals surface area contributed by atoms with Crippen molar-refractivity contribution in [2.24, 2.45) is 0 Å². The monoisotopic (exact) mass is 404 g/mol. The first-order valence-corrected chi connectivity index (χ1v) is 8.26. The van der Waals surface area contributed by atoms with E-state index in [-0.39, 0.29) is 10.6 Å². The molecule has 6 heteroatoms. The van der Waals surface area contributed by atoms with E-state index in [1.807, 2.05) is 13.0 Å². The molecule has 0 N–H and O–H groups in total. The van der Waals surface area contributed by atoms with Crippen LogP contribution in [-0.4, -0.2) is 15.5 Å². The fourth-order valence-corrected chi connectivity index (χ4v) is 2.98. The van der Waals surface area contributed by atoms with E-state index in [4.69, 9.17) is 8.92 Å². The van der Waals surface area contributed by atoms with Crippen LogP contribution in [0.25, 0.3) is 0 Å². The maximum absolute atomic E-state index is 12.2. The SMILES string of the molecule is COc1ccc(I)cc1OS(=O)(=O)c1ccc(C)cc1. The number of benzene rings is 2. The molecule has 106 valence electrons. The van der Waals surface area contributed by atoms with Crippen molar-refractivity contribution in [2.45, 2.75) is 11.8 Å². The Balaban J connectivity index is 2.37. The number of hydrogen-bond acceptors (Lipinski definition) is 4. The van der Waals surface area contributed by atoms with Gasteiger partial charge >= 0.3 is 10.1 Å². The third-order valence-corrected chi connectivity index (χ3v) is 4.55. The van der Waals surface area contributed by atoms with Crippen LogP contribution in [0.4, 0.5) is 0 Å². The summed E-state index contributed by atoms with van der Waals surface area (Å²) in [6.45, 7) is 1.89. The highest BCUT2D eigenvalue weighted by Crippen LogP contribution is 2.31. The Morgan fingerprint density at radius 3 is 2.25 bits per heavy atom. The fourth-order valence-electron chi connectivity index (χ4n) is 1.59. The van der Waals surface area contributed by atoms with Crippen LogP contribution in [-0.2, 0) is 10.1 Å². The molecule has 2 aromatic carbocycles. The van der Waals surface area contributed by atoms with E-state index in [1.165, 1.54) is 19.2 Å². The zero-order valence-corrected chi connectivity index (χ0v) is 13.9. The van der Waals surface area contributed by atoms with Gasteiger partial charge in [-0.2, -0.15) is 8.42 Å². The molecule has 0 unspecified atom stereocenters. The van der Waals surface area contributed by atoms with Gasteiger partial charge in [-0.3, -0.25) is 0 Å². The molecule has 0 saturated carbocycles. The van der Waals surface area contributed by atoms with Crippen molar-refractivity contribution in [1.29, 1.82) is 0 Å². The van der Waals surface area contributed by atoms with E-state index in [2.05, 4.69) is 22.6 Å². The van der Waals surface area contributed by atoms with E-state index in [1.54, 1.807) is 24.3 Å². The molecule has 0 bridgehead atoms. The van der Waals surface area contributed by atoms with Crippen LogP contribution in [0.5, 0.6) is 11.5 Å². The Morgan fingerprint density at radius 1 is 1.00 bits per heavy atom. The fraction of sp³-hybridized carbons (Fsp3) is 0.143. The quantitative estimate of drug-likeness (QED) is 0.579. The molecule has 4 nitrogen and oxygen atoms in total. The van der Waals surface area contributed by atoms with Crippen LogP contribution in [0, 0.1) is 10.5 Å². The molecule has 20 heavy (non-hydrogen) atoms. The second-order valence-electron chi connectivity index (χ2n) is 4.15. The van der Waals surface area contributed by atoms with Gasteiger partial charge in [0.05, 0.1) is 7.11 Å². The predicted molar refractivity (Wildman–Crippen MR) is 84.7 cm³/mol. The van der Waals surface area contributed by atoms with Gasteiger partial charge in [0.15, 0.2) is 11.5 Å². The van der Waals surface area contributed by atoms with Crippen molar-refractivity contribution in [1.82, 2.24) is 0 Å². The van der Waals surface area contributed by atoms with Gasteiger partial charge in [-0.25, -0.2) is 0 Å². The van der Waals surface area contributed by atoms with E-state index in [0.29, 0.717) is 5.75 Å². The molecule has 0 heterocycles. The van der Waals surface area contributed by atoms with E-state index < -0.39 is 10.1 Å². The Labute approximate surface area is 132 Å². The van der Waals surface area contributed by atoms with Crippen molar-refractivity contribution in [3.05, 3.63) is 51.6 Å². The first-order chi connectivity index (χ1) is 9.42. The summed E-state index contributed by atoms with van der Waals surface area (Å²) >= 11 is 2.08. The zero-order valence-electron chi connectivity index (χ0n) is 11.0. The number of rotatable bonds is 4.